The maximum Gasteiger partial charge on any atom is 0.419 e. The highest BCUT2D eigenvalue weighted by atomic mass is 16.6. The summed E-state index contributed by atoms with van der Waals surface area (Å²) in [5, 5.41) is 0.711. The van der Waals surface area contributed by atoms with Crippen molar-refractivity contribution in [3.05, 3.63) is 65.9 Å². The summed E-state index contributed by atoms with van der Waals surface area (Å²) in [7, 11) is 2.97. The SMILES string of the molecule is COC(=O)/C=C/c1c[nH]c2cccc(OC(=O)N(C)c3ccc(C)cc3)c12. The molecule has 1 heterocycles. The maximum atomic E-state index is 12.6. The number of aromatic amines is 1. The summed E-state index contributed by atoms with van der Waals surface area (Å²) in [6.07, 6.45) is 4.17. The number of methoxy groups -OCH3 is 1. The summed E-state index contributed by atoms with van der Waals surface area (Å²) in [5.41, 5.74) is 3.36. The van der Waals surface area contributed by atoms with Crippen molar-refractivity contribution in [2.45, 2.75) is 6.92 Å². The van der Waals surface area contributed by atoms with Crippen molar-refractivity contribution in [2.75, 3.05) is 19.1 Å². The van der Waals surface area contributed by atoms with Crippen LogP contribution in [0.25, 0.3) is 17.0 Å². The molecule has 1 amide bonds. The van der Waals surface area contributed by atoms with Gasteiger partial charge in [0, 0.05) is 41.5 Å². The van der Waals surface area contributed by atoms with E-state index in [2.05, 4.69) is 9.72 Å². The molecule has 27 heavy (non-hydrogen) atoms. The van der Waals surface area contributed by atoms with Gasteiger partial charge < -0.3 is 14.5 Å². The number of rotatable bonds is 4. The van der Waals surface area contributed by atoms with Crippen LogP contribution < -0.4 is 9.64 Å². The molecule has 0 radical (unpaired) electrons. The number of esters is 1. The van der Waals surface area contributed by atoms with Gasteiger partial charge in [0.2, 0.25) is 0 Å². The number of hydrogen-bond donors (Lipinski definition) is 1. The minimum Gasteiger partial charge on any atom is -0.466 e. The molecule has 0 aliphatic carbocycles. The third-order valence-corrected chi connectivity index (χ3v) is 4.19. The van der Waals surface area contributed by atoms with Gasteiger partial charge >= 0.3 is 12.1 Å². The van der Waals surface area contributed by atoms with Gasteiger partial charge in [0.1, 0.15) is 5.75 Å². The average molecular weight is 364 g/mol. The van der Waals surface area contributed by atoms with Crippen LogP contribution in [-0.2, 0) is 9.53 Å². The lowest BCUT2D eigenvalue weighted by molar-refractivity contribution is -0.134. The van der Waals surface area contributed by atoms with Gasteiger partial charge in [-0.25, -0.2) is 9.59 Å². The molecule has 1 aromatic heterocycles. The number of H-pyrrole nitrogens is 1. The summed E-state index contributed by atoms with van der Waals surface area (Å²) >= 11 is 0. The molecule has 138 valence electrons. The van der Waals surface area contributed by atoms with E-state index in [-0.39, 0.29) is 0 Å². The van der Waals surface area contributed by atoms with Crippen LogP contribution >= 0.6 is 0 Å². The van der Waals surface area contributed by atoms with Crippen LogP contribution in [-0.4, -0.2) is 31.2 Å². The molecular formula is C21H20N2O4. The number of hydrogen-bond acceptors (Lipinski definition) is 4. The van der Waals surface area contributed by atoms with Gasteiger partial charge in [-0.1, -0.05) is 23.8 Å². The number of fused-ring (bicyclic) bond motifs is 1. The van der Waals surface area contributed by atoms with Crippen molar-refractivity contribution in [1.29, 1.82) is 0 Å². The standard InChI is InChI=1S/C21H20N2O4/c1-14-7-10-16(11-8-14)23(2)21(25)27-18-6-4-5-17-20(18)15(13-22-17)9-12-19(24)26-3/h4-13,22H,1-3H3/b12-9+. The Morgan fingerprint density at radius 2 is 1.85 bits per heavy atom. The lowest BCUT2D eigenvalue weighted by Gasteiger charge is -2.17. The minimum atomic E-state index is -0.504. The van der Waals surface area contributed by atoms with Crippen LogP contribution in [0, 0.1) is 6.92 Å². The Balaban J connectivity index is 1.89. The molecule has 6 heteroatoms. The largest absolute Gasteiger partial charge is 0.466 e. The van der Waals surface area contributed by atoms with Gasteiger partial charge in [0.25, 0.3) is 0 Å². The van der Waals surface area contributed by atoms with Crippen LogP contribution in [0.4, 0.5) is 10.5 Å². The van der Waals surface area contributed by atoms with E-state index in [1.165, 1.54) is 18.1 Å². The van der Waals surface area contributed by atoms with Crippen molar-refractivity contribution in [3.63, 3.8) is 0 Å². The highest BCUT2D eigenvalue weighted by Crippen LogP contribution is 2.30. The van der Waals surface area contributed by atoms with Crippen molar-refractivity contribution >= 4 is 34.7 Å². The molecule has 0 fully saturated rings. The number of aromatic nitrogens is 1. The zero-order valence-corrected chi connectivity index (χ0v) is 15.4. The molecule has 2 aromatic carbocycles. The van der Waals surface area contributed by atoms with Crippen LogP contribution in [0.3, 0.4) is 0 Å². The van der Waals surface area contributed by atoms with E-state index >= 15 is 0 Å². The van der Waals surface area contributed by atoms with Crippen LogP contribution in [0.2, 0.25) is 0 Å². The third kappa shape index (κ3) is 4.00. The van der Waals surface area contributed by atoms with E-state index in [1.807, 2.05) is 37.3 Å². The number of nitrogens with one attached hydrogen (secondary N) is 1. The number of ether oxygens (including phenoxy) is 2. The van der Waals surface area contributed by atoms with Gasteiger partial charge in [-0.05, 0) is 37.3 Å². The van der Waals surface area contributed by atoms with Crippen molar-refractivity contribution in [1.82, 2.24) is 4.98 Å². The Kier molecular flexibility index (Phi) is 5.26. The highest BCUT2D eigenvalue weighted by molar-refractivity contribution is 5.99. The van der Waals surface area contributed by atoms with Crippen molar-refractivity contribution < 1.29 is 19.1 Å². The predicted octanol–water partition coefficient (Wildman–Crippen LogP) is 4.30. The lowest BCUT2D eigenvalue weighted by Crippen LogP contribution is -2.29. The molecule has 3 rings (SSSR count). The Hall–Kier alpha value is -3.54. The first kappa shape index (κ1) is 18.3. The first-order valence-electron chi connectivity index (χ1n) is 8.38. The predicted molar refractivity (Wildman–Crippen MR) is 105 cm³/mol. The summed E-state index contributed by atoms with van der Waals surface area (Å²) in [5.74, 6) is -0.0554. The average Bonchev–Trinajstić information content (AvgIpc) is 3.10. The summed E-state index contributed by atoms with van der Waals surface area (Å²) in [6, 6.07) is 13.0. The van der Waals surface area contributed by atoms with Gasteiger partial charge in [0.05, 0.1) is 7.11 Å². The molecule has 0 saturated heterocycles. The lowest BCUT2D eigenvalue weighted by atomic mass is 10.1. The van der Waals surface area contributed by atoms with Gasteiger partial charge in [-0.3, -0.25) is 4.90 Å². The van der Waals surface area contributed by atoms with E-state index in [0.717, 1.165) is 22.3 Å². The number of nitrogens with zero attached hydrogens (tertiary/aromatic N) is 1. The Bertz CT molecular complexity index is 1000. The Labute approximate surface area is 157 Å². The number of amides is 1. The second-order valence-electron chi connectivity index (χ2n) is 6.04. The Morgan fingerprint density at radius 1 is 1.11 bits per heavy atom. The van der Waals surface area contributed by atoms with E-state index in [1.54, 1.807) is 31.5 Å². The molecule has 1 N–H and O–H groups in total. The number of carbonyl (C=O) groups is 2. The molecule has 0 saturated carbocycles. The van der Waals surface area contributed by atoms with Crippen LogP contribution in [0.1, 0.15) is 11.1 Å². The van der Waals surface area contributed by atoms with E-state index < -0.39 is 12.1 Å². The van der Waals surface area contributed by atoms with Crippen molar-refractivity contribution in [3.8, 4) is 5.75 Å². The van der Waals surface area contributed by atoms with E-state index in [0.29, 0.717) is 11.1 Å². The van der Waals surface area contributed by atoms with Crippen molar-refractivity contribution in [2.24, 2.45) is 0 Å². The normalized spacial score (nSPS) is 10.9. The molecule has 0 aliphatic heterocycles. The van der Waals surface area contributed by atoms with Crippen LogP contribution in [0.5, 0.6) is 5.75 Å². The number of carbonyl (C=O) groups excluding carboxylic acids is 2. The first-order chi connectivity index (χ1) is 13.0. The summed E-state index contributed by atoms with van der Waals surface area (Å²) in [4.78, 5) is 28.5. The fourth-order valence-electron chi connectivity index (χ4n) is 2.66. The maximum absolute atomic E-state index is 12.6. The smallest absolute Gasteiger partial charge is 0.419 e. The second-order valence-corrected chi connectivity index (χ2v) is 6.04. The second kappa shape index (κ2) is 7.78. The number of aryl methyl sites for hydroxylation is 1. The highest BCUT2D eigenvalue weighted by Gasteiger charge is 2.16. The molecule has 3 aromatic rings. The topological polar surface area (TPSA) is 71.6 Å². The first-order valence-corrected chi connectivity index (χ1v) is 8.38. The Morgan fingerprint density at radius 3 is 2.56 bits per heavy atom. The van der Waals surface area contributed by atoms with Crippen LogP contribution in [0.15, 0.2) is 54.7 Å². The number of benzene rings is 2. The monoisotopic (exact) mass is 364 g/mol. The quantitative estimate of drug-likeness (QED) is 0.553. The molecule has 0 unspecified atom stereocenters. The fraction of sp³-hybridized carbons (Fsp3) is 0.143. The van der Waals surface area contributed by atoms with E-state index in [4.69, 9.17) is 4.74 Å². The minimum absolute atomic E-state index is 0.405. The van der Waals surface area contributed by atoms with Gasteiger partial charge in [-0.2, -0.15) is 0 Å². The fourth-order valence-corrected chi connectivity index (χ4v) is 2.66. The molecular weight excluding hydrogens is 344 g/mol. The molecule has 0 bridgehead atoms. The zero-order valence-electron chi connectivity index (χ0n) is 15.4. The molecule has 0 atom stereocenters. The molecule has 6 nitrogen and oxygen atoms in total. The van der Waals surface area contributed by atoms with Gasteiger partial charge in [-0.15, -0.1) is 0 Å². The molecule has 0 aliphatic rings. The van der Waals surface area contributed by atoms with Gasteiger partial charge in [0.15, 0.2) is 0 Å². The summed E-state index contributed by atoms with van der Waals surface area (Å²) in [6.45, 7) is 1.98. The zero-order chi connectivity index (χ0) is 19.4. The van der Waals surface area contributed by atoms with E-state index in [9.17, 15) is 9.59 Å². The number of anilines is 1. The molecule has 0 spiro atoms. The summed E-state index contributed by atoms with van der Waals surface area (Å²) < 4.78 is 10.2. The third-order valence-electron chi connectivity index (χ3n) is 4.19.